The smallest absolute Gasteiger partial charge is 0.179 e. The molecule has 2 nitrogen and oxygen atoms in total. The van der Waals surface area contributed by atoms with Crippen LogP contribution in [0.4, 0.5) is 0 Å². The van der Waals surface area contributed by atoms with Gasteiger partial charge in [-0.05, 0) is 37.8 Å². The van der Waals surface area contributed by atoms with Gasteiger partial charge in [-0.25, -0.2) is 0 Å². The van der Waals surface area contributed by atoms with E-state index < -0.39 is 0 Å². The molecule has 0 bridgehead atoms. The Balaban J connectivity index is 1.72. The Labute approximate surface area is 129 Å². The van der Waals surface area contributed by atoms with Crippen molar-refractivity contribution in [3.8, 4) is 0 Å². The Kier molecular flexibility index (Phi) is 6.94. The van der Waals surface area contributed by atoms with Crippen LogP contribution in [0.5, 0.6) is 0 Å². The van der Waals surface area contributed by atoms with Crippen LogP contribution >= 0.6 is 0 Å². The van der Waals surface area contributed by atoms with Gasteiger partial charge in [0.15, 0.2) is 5.78 Å². The lowest BCUT2D eigenvalue weighted by Gasteiger charge is -2.09. The first-order valence-electron chi connectivity index (χ1n) is 8.68. The van der Waals surface area contributed by atoms with E-state index in [1.54, 1.807) is 0 Å². The van der Waals surface area contributed by atoms with Crippen LogP contribution in [-0.4, -0.2) is 18.4 Å². The molecule has 0 aromatic heterocycles. The molecule has 21 heavy (non-hydrogen) atoms. The zero-order valence-electron chi connectivity index (χ0n) is 13.4. The van der Waals surface area contributed by atoms with Crippen molar-refractivity contribution in [2.45, 2.75) is 70.8 Å². The molecular weight excluding hydrogens is 258 g/mol. The number of carbonyl (C=O) groups excluding carboxylic acids is 1. The highest BCUT2D eigenvalue weighted by Crippen LogP contribution is 2.15. The van der Waals surface area contributed by atoms with Crippen molar-refractivity contribution in [1.29, 1.82) is 0 Å². The first-order valence-corrected chi connectivity index (χ1v) is 8.68. The van der Waals surface area contributed by atoms with E-state index in [1.807, 2.05) is 12.1 Å². The van der Waals surface area contributed by atoms with Gasteiger partial charge >= 0.3 is 0 Å². The Hall–Kier alpha value is -1.15. The Bertz CT molecular complexity index is 418. The van der Waals surface area contributed by atoms with E-state index in [0.29, 0.717) is 0 Å². The first kappa shape index (κ1) is 16.2. The van der Waals surface area contributed by atoms with E-state index in [-0.39, 0.29) is 11.8 Å². The summed E-state index contributed by atoms with van der Waals surface area (Å²) in [6.07, 6.45) is 11.2. The minimum absolute atomic E-state index is 0.0504. The SMILES string of the molecule is CCCCCCCCc1ccc(C(=O)C2CCCN2)cc1. The number of benzene rings is 1. The normalized spacial score (nSPS) is 18.0. The van der Waals surface area contributed by atoms with Crippen molar-refractivity contribution in [3.05, 3.63) is 35.4 Å². The minimum Gasteiger partial charge on any atom is -0.307 e. The van der Waals surface area contributed by atoms with Gasteiger partial charge in [-0.1, -0.05) is 63.3 Å². The highest BCUT2D eigenvalue weighted by molar-refractivity contribution is 6.00. The number of aryl methyl sites for hydroxylation is 1. The Morgan fingerprint density at radius 1 is 1.10 bits per heavy atom. The molecule has 1 aliphatic heterocycles. The number of ketones is 1. The summed E-state index contributed by atoms with van der Waals surface area (Å²) in [7, 11) is 0. The second-order valence-corrected chi connectivity index (χ2v) is 6.23. The molecule has 0 aliphatic carbocycles. The van der Waals surface area contributed by atoms with Crippen molar-refractivity contribution in [1.82, 2.24) is 5.32 Å². The predicted molar refractivity (Wildman–Crippen MR) is 88.9 cm³/mol. The van der Waals surface area contributed by atoms with Gasteiger partial charge < -0.3 is 5.32 Å². The average molecular weight is 287 g/mol. The summed E-state index contributed by atoms with van der Waals surface area (Å²) in [6, 6.07) is 8.33. The Morgan fingerprint density at radius 2 is 1.81 bits per heavy atom. The van der Waals surface area contributed by atoms with Crippen LogP contribution in [-0.2, 0) is 6.42 Å². The molecule has 1 atom stereocenters. The lowest BCUT2D eigenvalue weighted by molar-refractivity contribution is 0.0952. The molecule has 1 unspecified atom stereocenters. The van der Waals surface area contributed by atoms with E-state index in [9.17, 15) is 4.79 Å². The van der Waals surface area contributed by atoms with Gasteiger partial charge in [0, 0.05) is 5.56 Å². The van der Waals surface area contributed by atoms with Gasteiger partial charge in [0.2, 0.25) is 0 Å². The van der Waals surface area contributed by atoms with Gasteiger partial charge in [0.05, 0.1) is 6.04 Å². The van der Waals surface area contributed by atoms with Crippen LogP contribution in [0.25, 0.3) is 0 Å². The van der Waals surface area contributed by atoms with Crippen LogP contribution in [0.3, 0.4) is 0 Å². The van der Waals surface area contributed by atoms with Crippen molar-refractivity contribution >= 4 is 5.78 Å². The van der Waals surface area contributed by atoms with Crippen LogP contribution < -0.4 is 5.32 Å². The van der Waals surface area contributed by atoms with Gasteiger partial charge in [0.25, 0.3) is 0 Å². The topological polar surface area (TPSA) is 29.1 Å². The molecule has 2 heteroatoms. The van der Waals surface area contributed by atoms with E-state index in [0.717, 1.165) is 31.4 Å². The van der Waals surface area contributed by atoms with E-state index in [2.05, 4.69) is 24.4 Å². The number of carbonyl (C=O) groups is 1. The molecule has 116 valence electrons. The fourth-order valence-corrected chi connectivity index (χ4v) is 3.05. The molecule has 0 saturated carbocycles. The summed E-state index contributed by atoms with van der Waals surface area (Å²) in [5, 5.41) is 3.28. The van der Waals surface area contributed by atoms with E-state index in [1.165, 1.54) is 44.1 Å². The largest absolute Gasteiger partial charge is 0.307 e. The molecule has 1 fully saturated rings. The second kappa shape index (κ2) is 8.99. The number of rotatable bonds is 9. The van der Waals surface area contributed by atoms with Gasteiger partial charge in [-0.15, -0.1) is 0 Å². The lowest BCUT2D eigenvalue weighted by atomic mass is 9.99. The van der Waals surface area contributed by atoms with Gasteiger partial charge in [-0.3, -0.25) is 4.79 Å². The summed E-state index contributed by atoms with van der Waals surface area (Å²) in [5.74, 6) is 0.263. The maximum atomic E-state index is 12.3. The molecule has 1 N–H and O–H groups in total. The van der Waals surface area contributed by atoms with Crippen LogP contribution in [0.1, 0.15) is 74.2 Å². The summed E-state index contributed by atoms with van der Waals surface area (Å²) in [6.45, 7) is 3.23. The molecular formula is C19H29NO. The Morgan fingerprint density at radius 3 is 2.48 bits per heavy atom. The van der Waals surface area contributed by atoms with Gasteiger partial charge in [-0.2, -0.15) is 0 Å². The third kappa shape index (κ3) is 5.28. The van der Waals surface area contributed by atoms with Crippen molar-refractivity contribution in [2.75, 3.05) is 6.54 Å². The second-order valence-electron chi connectivity index (χ2n) is 6.23. The maximum absolute atomic E-state index is 12.3. The summed E-state index contributed by atoms with van der Waals surface area (Å²) >= 11 is 0. The number of Topliss-reactive ketones (excluding diaryl/α,β-unsaturated/α-hetero) is 1. The standard InChI is InChI=1S/C19H29NO/c1-2-3-4-5-6-7-9-16-11-13-17(14-12-16)19(21)18-10-8-15-20-18/h11-14,18,20H,2-10,15H2,1H3. The van der Waals surface area contributed by atoms with Crippen LogP contribution in [0.2, 0.25) is 0 Å². The van der Waals surface area contributed by atoms with E-state index in [4.69, 9.17) is 0 Å². The van der Waals surface area contributed by atoms with Crippen molar-refractivity contribution in [2.24, 2.45) is 0 Å². The molecule has 0 amide bonds. The first-order chi connectivity index (χ1) is 10.3. The van der Waals surface area contributed by atoms with E-state index >= 15 is 0 Å². The molecule has 1 aromatic rings. The number of unbranched alkanes of at least 4 members (excludes halogenated alkanes) is 5. The minimum atomic E-state index is 0.0504. The third-order valence-electron chi connectivity index (χ3n) is 4.43. The fourth-order valence-electron chi connectivity index (χ4n) is 3.05. The highest BCUT2D eigenvalue weighted by atomic mass is 16.1. The van der Waals surface area contributed by atoms with Crippen LogP contribution in [0, 0.1) is 0 Å². The molecule has 0 spiro atoms. The number of hydrogen-bond donors (Lipinski definition) is 1. The van der Waals surface area contributed by atoms with Crippen LogP contribution in [0.15, 0.2) is 24.3 Å². The molecule has 0 radical (unpaired) electrons. The molecule has 1 aliphatic rings. The number of hydrogen-bond acceptors (Lipinski definition) is 2. The summed E-state index contributed by atoms with van der Waals surface area (Å²) in [5.41, 5.74) is 2.22. The average Bonchev–Trinajstić information content (AvgIpc) is 3.05. The lowest BCUT2D eigenvalue weighted by Crippen LogP contribution is -2.30. The quantitative estimate of drug-likeness (QED) is 0.534. The summed E-state index contributed by atoms with van der Waals surface area (Å²) in [4.78, 5) is 12.3. The molecule has 1 heterocycles. The highest BCUT2D eigenvalue weighted by Gasteiger charge is 2.22. The molecule has 1 saturated heterocycles. The predicted octanol–water partition coefficient (Wildman–Crippen LogP) is 4.52. The third-order valence-corrected chi connectivity index (χ3v) is 4.43. The molecule has 1 aromatic carbocycles. The zero-order valence-corrected chi connectivity index (χ0v) is 13.4. The monoisotopic (exact) mass is 287 g/mol. The van der Waals surface area contributed by atoms with Crippen molar-refractivity contribution in [3.63, 3.8) is 0 Å². The zero-order chi connectivity index (χ0) is 14.9. The maximum Gasteiger partial charge on any atom is 0.179 e. The number of nitrogens with one attached hydrogen (secondary N) is 1. The van der Waals surface area contributed by atoms with Crippen molar-refractivity contribution < 1.29 is 4.79 Å². The van der Waals surface area contributed by atoms with Gasteiger partial charge in [0.1, 0.15) is 0 Å². The molecule has 2 rings (SSSR count). The summed E-state index contributed by atoms with van der Waals surface area (Å²) < 4.78 is 0. The fraction of sp³-hybridized carbons (Fsp3) is 0.632.